The van der Waals surface area contributed by atoms with Crippen molar-refractivity contribution in [3.05, 3.63) is 60.2 Å². The van der Waals surface area contributed by atoms with Gasteiger partial charge in [0.05, 0.1) is 0 Å². The minimum atomic E-state index is 0.159. The Morgan fingerprint density at radius 2 is 1.43 bits per heavy atom. The van der Waals surface area contributed by atoms with Gasteiger partial charge in [0, 0.05) is 0 Å². The summed E-state index contributed by atoms with van der Waals surface area (Å²) in [5.41, 5.74) is 1.41. The van der Waals surface area contributed by atoms with Gasteiger partial charge in [-0.1, -0.05) is 0 Å². The molecule has 0 fully saturated rings. The minimum absolute atomic E-state index is 0.159. The Labute approximate surface area is 91.7 Å². The van der Waals surface area contributed by atoms with Gasteiger partial charge in [-0.15, -0.1) is 0 Å². The topological polar surface area (TPSA) is 0 Å². The molecule has 0 aliphatic carbocycles. The molecule has 0 saturated heterocycles. The molecule has 0 spiro atoms. The summed E-state index contributed by atoms with van der Waals surface area (Å²) >= 11 is 0.159. The van der Waals surface area contributed by atoms with Crippen molar-refractivity contribution in [2.24, 2.45) is 0 Å². The third-order valence-electron chi connectivity index (χ3n) is 2.12. The Morgan fingerprint density at radius 1 is 0.786 bits per heavy atom. The quantitative estimate of drug-likeness (QED) is 0.703. The molecule has 0 aliphatic heterocycles. The summed E-state index contributed by atoms with van der Waals surface area (Å²) in [6, 6.07) is 19.4. The van der Waals surface area contributed by atoms with Crippen LogP contribution >= 0.6 is 0 Å². The summed E-state index contributed by atoms with van der Waals surface area (Å²) in [6.07, 6.45) is 0. The molecule has 0 amide bonds. The fourth-order valence-electron chi connectivity index (χ4n) is 1.33. The Kier molecular flexibility index (Phi) is 3.06. The standard InChI is InChI=1S/C13H12As/c1-11-7-5-6-10-13(11)14-12-8-3-2-4-9-12/h2-10H,1H3. The van der Waals surface area contributed by atoms with E-state index < -0.39 is 0 Å². The third-order valence-corrected chi connectivity index (χ3v) is 4.85. The van der Waals surface area contributed by atoms with Crippen LogP contribution in [-0.4, -0.2) is 15.8 Å². The third kappa shape index (κ3) is 2.27. The molecule has 0 saturated carbocycles. The zero-order valence-corrected chi connectivity index (χ0v) is 10.0. The first-order valence-corrected chi connectivity index (χ1v) is 6.56. The van der Waals surface area contributed by atoms with Crippen LogP contribution in [0, 0.1) is 6.92 Å². The monoisotopic (exact) mass is 243 g/mol. The predicted molar refractivity (Wildman–Crippen MR) is 62.6 cm³/mol. The molecule has 1 heteroatoms. The maximum atomic E-state index is 2.24. The van der Waals surface area contributed by atoms with Gasteiger partial charge in [-0.05, 0) is 0 Å². The number of rotatable bonds is 2. The predicted octanol–water partition coefficient (Wildman–Crippen LogP) is 1.65. The van der Waals surface area contributed by atoms with E-state index in [0.717, 1.165) is 0 Å². The zero-order chi connectivity index (χ0) is 9.80. The van der Waals surface area contributed by atoms with Crippen LogP contribution in [0.25, 0.3) is 0 Å². The summed E-state index contributed by atoms with van der Waals surface area (Å²) in [7, 11) is 0. The first kappa shape index (κ1) is 9.55. The summed E-state index contributed by atoms with van der Waals surface area (Å²) in [5, 5.41) is 0. The number of aryl methyl sites for hydroxylation is 1. The van der Waals surface area contributed by atoms with Crippen LogP contribution < -0.4 is 8.70 Å². The SMILES string of the molecule is Cc1ccccc1[As]c1ccccc1. The van der Waals surface area contributed by atoms with Gasteiger partial charge in [0.2, 0.25) is 0 Å². The molecule has 0 atom stereocenters. The van der Waals surface area contributed by atoms with Crippen molar-refractivity contribution in [3.63, 3.8) is 0 Å². The Bertz CT molecular complexity index is 407. The van der Waals surface area contributed by atoms with Crippen molar-refractivity contribution in [2.45, 2.75) is 6.92 Å². The van der Waals surface area contributed by atoms with Gasteiger partial charge in [-0.25, -0.2) is 0 Å². The fraction of sp³-hybridized carbons (Fsp3) is 0.0769. The van der Waals surface area contributed by atoms with E-state index in [2.05, 4.69) is 61.5 Å². The van der Waals surface area contributed by atoms with Crippen molar-refractivity contribution >= 4 is 24.5 Å². The van der Waals surface area contributed by atoms with Crippen molar-refractivity contribution < 1.29 is 0 Å². The molecule has 0 unspecified atom stereocenters. The van der Waals surface area contributed by atoms with Crippen LogP contribution in [0.4, 0.5) is 0 Å². The molecule has 0 nitrogen and oxygen atoms in total. The van der Waals surface area contributed by atoms with Gasteiger partial charge in [0.25, 0.3) is 0 Å². The summed E-state index contributed by atoms with van der Waals surface area (Å²) in [4.78, 5) is 0. The van der Waals surface area contributed by atoms with E-state index in [1.54, 1.807) is 0 Å². The van der Waals surface area contributed by atoms with Gasteiger partial charge < -0.3 is 0 Å². The second-order valence-electron chi connectivity index (χ2n) is 3.23. The van der Waals surface area contributed by atoms with Crippen molar-refractivity contribution in [1.29, 1.82) is 0 Å². The maximum absolute atomic E-state index is 2.24. The Balaban J connectivity index is 2.24. The first-order chi connectivity index (χ1) is 6.86. The van der Waals surface area contributed by atoms with E-state index in [4.69, 9.17) is 0 Å². The molecule has 0 N–H and O–H groups in total. The molecule has 0 bridgehead atoms. The van der Waals surface area contributed by atoms with E-state index in [0.29, 0.717) is 0 Å². The van der Waals surface area contributed by atoms with Crippen molar-refractivity contribution in [1.82, 2.24) is 0 Å². The molecule has 2 rings (SSSR count). The number of hydrogen-bond acceptors (Lipinski definition) is 0. The molecule has 2 aromatic carbocycles. The molecule has 0 heterocycles. The number of benzene rings is 2. The van der Waals surface area contributed by atoms with Crippen LogP contribution in [0.2, 0.25) is 0 Å². The second kappa shape index (κ2) is 4.48. The van der Waals surface area contributed by atoms with Gasteiger partial charge in [-0.2, -0.15) is 0 Å². The van der Waals surface area contributed by atoms with Crippen LogP contribution in [0.5, 0.6) is 0 Å². The van der Waals surface area contributed by atoms with Crippen LogP contribution in [0.3, 0.4) is 0 Å². The van der Waals surface area contributed by atoms with Gasteiger partial charge >= 0.3 is 91.5 Å². The average molecular weight is 243 g/mol. The summed E-state index contributed by atoms with van der Waals surface area (Å²) < 4.78 is 2.98. The van der Waals surface area contributed by atoms with Crippen molar-refractivity contribution in [2.75, 3.05) is 0 Å². The van der Waals surface area contributed by atoms with Crippen molar-refractivity contribution in [3.8, 4) is 0 Å². The molecule has 0 aliphatic rings. The molecule has 0 aromatic heterocycles. The zero-order valence-electron chi connectivity index (χ0n) is 8.14. The van der Waals surface area contributed by atoms with E-state index in [1.165, 1.54) is 14.3 Å². The van der Waals surface area contributed by atoms with Gasteiger partial charge in [0.1, 0.15) is 0 Å². The molecule has 1 radical (unpaired) electrons. The first-order valence-electron chi connectivity index (χ1n) is 4.69. The molecule has 69 valence electrons. The average Bonchev–Trinajstić information content (AvgIpc) is 2.23. The second-order valence-corrected chi connectivity index (χ2v) is 5.80. The normalized spacial score (nSPS) is 10.9. The van der Waals surface area contributed by atoms with Crippen LogP contribution in [-0.2, 0) is 0 Å². The fourth-order valence-corrected chi connectivity index (χ4v) is 3.45. The summed E-state index contributed by atoms with van der Waals surface area (Å²) in [5.74, 6) is 0. The van der Waals surface area contributed by atoms with E-state index >= 15 is 0 Å². The van der Waals surface area contributed by atoms with E-state index in [-0.39, 0.29) is 15.8 Å². The van der Waals surface area contributed by atoms with Crippen LogP contribution in [0.1, 0.15) is 5.56 Å². The molecule has 14 heavy (non-hydrogen) atoms. The van der Waals surface area contributed by atoms with Gasteiger partial charge in [0.15, 0.2) is 0 Å². The van der Waals surface area contributed by atoms with Crippen LogP contribution in [0.15, 0.2) is 54.6 Å². The molecule has 2 aromatic rings. The Morgan fingerprint density at radius 3 is 2.14 bits per heavy atom. The summed E-state index contributed by atoms with van der Waals surface area (Å²) in [6.45, 7) is 2.19. The van der Waals surface area contributed by atoms with E-state index in [1.807, 2.05) is 0 Å². The van der Waals surface area contributed by atoms with Gasteiger partial charge in [-0.3, -0.25) is 0 Å². The Hall–Kier alpha value is -1.00. The number of hydrogen-bond donors (Lipinski definition) is 0. The molecular weight excluding hydrogens is 231 g/mol. The van der Waals surface area contributed by atoms with E-state index in [9.17, 15) is 0 Å². The molecular formula is C13H12As.